The Balaban J connectivity index is 1.35. The number of nitrogens with zero attached hydrogens (tertiary/aromatic N) is 6. The summed E-state index contributed by atoms with van der Waals surface area (Å²) < 4.78 is 3.91. The van der Waals surface area contributed by atoms with Gasteiger partial charge in [0.1, 0.15) is 5.82 Å². The molecule has 0 saturated heterocycles. The molecule has 27 heavy (non-hydrogen) atoms. The van der Waals surface area contributed by atoms with Crippen LogP contribution in [0.25, 0.3) is 11.4 Å². The first-order chi connectivity index (χ1) is 13.2. The van der Waals surface area contributed by atoms with Crippen molar-refractivity contribution in [2.75, 3.05) is 0 Å². The Morgan fingerprint density at radius 3 is 3.00 bits per heavy atom. The predicted molar refractivity (Wildman–Crippen MR) is 99.7 cm³/mol. The Kier molecular flexibility index (Phi) is 4.95. The summed E-state index contributed by atoms with van der Waals surface area (Å²) in [6.07, 6.45) is 11.1. The van der Waals surface area contributed by atoms with Gasteiger partial charge in [0.2, 0.25) is 5.91 Å². The van der Waals surface area contributed by atoms with Crippen molar-refractivity contribution in [3.63, 3.8) is 0 Å². The van der Waals surface area contributed by atoms with Crippen LogP contribution in [0.5, 0.6) is 0 Å². The van der Waals surface area contributed by atoms with Crippen molar-refractivity contribution in [1.82, 2.24) is 34.8 Å². The fraction of sp³-hybridized carbons (Fsp3) is 0.421. The minimum absolute atomic E-state index is 0.0917. The third kappa shape index (κ3) is 4.05. The quantitative estimate of drug-likeness (QED) is 0.740. The highest BCUT2D eigenvalue weighted by Gasteiger charge is 2.22. The molecule has 1 aliphatic rings. The van der Waals surface area contributed by atoms with E-state index < -0.39 is 0 Å². The number of carbonyl (C=O) groups is 1. The molecule has 3 aromatic rings. The Bertz CT molecular complexity index is 915. The first-order valence-electron chi connectivity index (χ1n) is 9.28. The zero-order valence-corrected chi connectivity index (χ0v) is 15.4. The number of carbonyl (C=O) groups excluding carboxylic acids is 1. The Hall–Kier alpha value is -3.03. The van der Waals surface area contributed by atoms with Crippen LogP contribution in [0.2, 0.25) is 0 Å². The van der Waals surface area contributed by atoms with Gasteiger partial charge in [-0.2, -0.15) is 5.10 Å². The lowest BCUT2D eigenvalue weighted by Gasteiger charge is -2.16. The van der Waals surface area contributed by atoms with Crippen LogP contribution in [0.4, 0.5) is 0 Å². The van der Waals surface area contributed by atoms with Crippen molar-refractivity contribution in [3.05, 3.63) is 48.3 Å². The van der Waals surface area contributed by atoms with E-state index in [0.717, 1.165) is 48.6 Å². The molecule has 8 nitrogen and oxygen atoms in total. The fourth-order valence-corrected chi connectivity index (χ4v) is 3.49. The minimum Gasteiger partial charge on any atom is -0.353 e. The zero-order valence-electron chi connectivity index (χ0n) is 15.4. The summed E-state index contributed by atoms with van der Waals surface area (Å²) in [5.74, 6) is 1.91. The molecular formula is C19H23N7O. The summed E-state index contributed by atoms with van der Waals surface area (Å²) in [7, 11) is 1.89. The van der Waals surface area contributed by atoms with Gasteiger partial charge >= 0.3 is 0 Å². The van der Waals surface area contributed by atoms with E-state index in [9.17, 15) is 4.79 Å². The van der Waals surface area contributed by atoms with E-state index in [4.69, 9.17) is 0 Å². The number of amides is 1. The predicted octanol–water partition coefficient (Wildman–Crippen LogP) is 1.53. The highest BCUT2D eigenvalue weighted by atomic mass is 16.1. The molecule has 0 aliphatic carbocycles. The summed E-state index contributed by atoms with van der Waals surface area (Å²) in [6, 6.07) is 4.06. The van der Waals surface area contributed by atoms with Crippen molar-refractivity contribution in [1.29, 1.82) is 0 Å². The molecule has 0 spiro atoms. The molecule has 0 bridgehead atoms. The highest BCUT2D eigenvalue weighted by molar-refractivity contribution is 5.76. The second-order valence-corrected chi connectivity index (χ2v) is 6.95. The topological polar surface area (TPSA) is 90.5 Å². The molecular weight excluding hydrogens is 342 g/mol. The lowest BCUT2D eigenvalue weighted by molar-refractivity contribution is -0.121. The van der Waals surface area contributed by atoms with Gasteiger partial charge in [-0.15, -0.1) is 10.2 Å². The van der Waals surface area contributed by atoms with Gasteiger partial charge in [-0.1, -0.05) is 6.07 Å². The second-order valence-electron chi connectivity index (χ2n) is 6.95. The van der Waals surface area contributed by atoms with Gasteiger partial charge in [-0.3, -0.25) is 14.5 Å². The van der Waals surface area contributed by atoms with Gasteiger partial charge in [-0.25, -0.2) is 0 Å². The number of hydrogen-bond acceptors (Lipinski definition) is 5. The molecule has 4 heterocycles. The van der Waals surface area contributed by atoms with Crippen molar-refractivity contribution >= 4 is 5.91 Å². The van der Waals surface area contributed by atoms with Gasteiger partial charge in [-0.05, 0) is 30.9 Å². The molecule has 1 amide bonds. The number of aryl methyl sites for hydroxylation is 3. The minimum atomic E-state index is 0.0917. The van der Waals surface area contributed by atoms with Crippen molar-refractivity contribution in [2.45, 2.75) is 44.7 Å². The van der Waals surface area contributed by atoms with E-state index in [1.165, 1.54) is 0 Å². The maximum Gasteiger partial charge on any atom is 0.220 e. The van der Waals surface area contributed by atoms with Crippen molar-refractivity contribution in [3.8, 4) is 11.4 Å². The molecule has 1 N–H and O–H groups in total. The number of fused-ring (bicyclic) bond motifs is 1. The van der Waals surface area contributed by atoms with Gasteiger partial charge in [0.25, 0.3) is 0 Å². The summed E-state index contributed by atoms with van der Waals surface area (Å²) in [6.45, 7) is 0.792. The lowest BCUT2D eigenvalue weighted by atomic mass is 10.1. The maximum absolute atomic E-state index is 12.3. The Labute approximate surface area is 157 Å². The van der Waals surface area contributed by atoms with E-state index in [0.29, 0.717) is 12.8 Å². The summed E-state index contributed by atoms with van der Waals surface area (Å²) >= 11 is 0. The normalized spacial score (nSPS) is 16.6. The highest BCUT2D eigenvalue weighted by Crippen LogP contribution is 2.22. The molecule has 0 aromatic carbocycles. The number of hydrogen-bond donors (Lipinski definition) is 1. The smallest absolute Gasteiger partial charge is 0.220 e. The lowest BCUT2D eigenvalue weighted by Crippen LogP contribution is -2.35. The molecule has 1 aliphatic heterocycles. The van der Waals surface area contributed by atoms with Crippen LogP contribution in [0.1, 0.15) is 30.7 Å². The van der Waals surface area contributed by atoms with Crippen LogP contribution in [-0.2, 0) is 31.2 Å². The first kappa shape index (κ1) is 17.4. The number of pyridine rings is 1. The largest absolute Gasteiger partial charge is 0.353 e. The number of aromatic nitrogens is 6. The average molecular weight is 365 g/mol. The van der Waals surface area contributed by atoms with E-state index in [1.807, 2.05) is 31.6 Å². The Morgan fingerprint density at radius 1 is 1.30 bits per heavy atom. The molecule has 0 saturated carbocycles. The van der Waals surface area contributed by atoms with E-state index >= 15 is 0 Å². The van der Waals surface area contributed by atoms with Crippen LogP contribution >= 0.6 is 0 Å². The van der Waals surface area contributed by atoms with Crippen LogP contribution in [0, 0.1) is 0 Å². The maximum atomic E-state index is 12.3. The molecule has 0 fully saturated rings. The molecule has 1 atom stereocenters. The van der Waals surface area contributed by atoms with Gasteiger partial charge in [0.05, 0.1) is 11.8 Å². The SMILES string of the molecule is Cn1cc(-c2nnc3n2CCC(NC(=O)CCc2cccnc2)CC3)cn1. The molecule has 0 radical (unpaired) electrons. The molecule has 8 heteroatoms. The molecule has 140 valence electrons. The summed E-state index contributed by atoms with van der Waals surface area (Å²) in [5, 5.41) is 16.1. The van der Waals surface area contributed by atoms with Gasteiger partial charge in [0, 0.05) is 51.1 Å². The number of nitrogens with one attached hydrogen (secondary N) is 1. The summed E-state index contributed by atoms with van der Waals surface area (Å²) in [5.41, 5.74) is 2.05. The van der Waals surface area contributed by atoms with E-state index in [-0.39, 0.29) is 11.9 Å². The van der Waals surface area contributed by atoms with Crippen LogP contribution < -0.4 is 5.32 Å². The van der Waals surface area contributed by atoms with Crippen LogP contribution in [0.15, 0.2) is 36.9 Å². The van der Waals surface area contributed by atoms with Crippen molar-refractivity contribution in [2.24, 2.45) is 7.05 Å². The van der Waals surface area contributed by atoms with E-state index in [1.54, 1.807) is 17.1 Å². The second kappa shape index (κ2) is 7.69. The number of rotatable bonds is 5. The molecule has 3 aromatic heterocycles. The van der Waals surface area contributed by atoms with Crippen LogP contribution in [0.3, 0.4) is 0 Å². The standard InChI is InChI=1S/C19H23N7O/c1-25-13-15(12-21-25)19-24-23-17-6-5-16(8-10-26(17)19)22-18(27)7-4-14-3-2-9-20-11-14/h2-3,9,11-13,16H,4-8,10H2,1H3,(H,22,27). The Morgan fingerprint density at radius 2 is 2.22 bits per heavy atom. The van der Waals surface area contributed by atoms with E-state index in [2.05, 4.69) is 30.2 Å². The fourth-order valence-electron chi connectivity index (χ4n) is 3.49. The third-order valence-electron chi connectivity index (χ3n) is 4.94. The molecule has 4 rings (SSSR count). The summed E-state index contributed by atoms with van der Waals surface area (Å²) in [4.78, 5) is 16.4. The monoisotopic (exact) mass is 365 g/mol. The molecule has 1 unspecified atom stereocenters. The first-order valence-corrected chi connectivity index (χ1v) is 9.28. The third-order valence-corrected chi connectivity index (χ3v) is 4.94. The van der Waals surface area contributed by atoms with Crippen LogP contribution in [-0.4, -0.2) is 41.5 Å². The zero-order chi connectivity index (χ0) is 18.6. The average Bonchev–Trinajstić information content (AvgIpc) is 3.23. The van der Waals surface area contributed by atoms with Crippen molar-refractivity contribution < 1.29 is 4.79 Å². The van der Waals surface area contributed by atoms with Gasteiger partial charge < -0.3 is 9.88 Å². The van der Waals surface area contributed by atoms with Gasteiger partial charge in [0.15, 0.2) is 5.82 Å².